The molecule has 0 saturated carbocycles. The van der Waals surface area contributed by atoms with Gasteiger partial charge < -0.3 is 5.32 Å². The van der Waals surface area contributed by atoms with Gasteiger partial charge >= 0.3 is 0 Å². The monoisotopic (exact) mass is 366 g/mol. The van der Waals surface area contributed by atoms with Crippen molar-refractivity contribution in [3.63, 3.8) is 0 Å². The molecule has 24 heavy (non-hydrogen) atoms. The average Bonchev–Trinajstić information content (AvgIpc) is 2.54. The molecule has 2 aromatic rings. The topological polar surface area (TPSA) is 75.3 Å². The van der Waals surface area contributed by atoms with Gasteiger partial charge in [-0.2, -0.15) is 0 Å². The molecule has 0 aromatic heterocycles. The third-order valence-corrected chi connectivity index (χ3v) is 4.74. The lowest BCUT2D eigenvalue weighted by Gasteiger charge is -2.12. The summed E-state index contributed by atoms with van der Waals surface area (Å²) in [5.74, 6) is -0.503. The van der Waals surface area contributed by atoms with E-state index < -0.39 is 10.0 Å². The van der Waals surface area contributed by atoms with E-state index in [1.54, 1.807) is 48.5 Å². The number of sulfonamides is 1. The molecule has 0 aliphatic carbocycles. The molecule has 1 amide bonds. The van der Waals surface area contributed by atoms with Gasteiger partial charge in [-0.1, -0.05) is 42.8 Å². The Morgan fingerprint density at radius 1 is 1.08 bits per heavy atom. The van der Waals surface area contributed by atoms with E-state index in [9.17, 15) is 13.2 Å². The number of rotatable bonds is 7. The first kappa shape index (κ1) is 18.3. The number of carbonyl (C=O) groups excluding carboxylic acids is 1. The highest BCUT2D eigenvalue weighted by Crippen LogP contribution is 2.19. The molecule has 0 bridgehead atoms. The number of carbonyl (C=O) groups is 1. The summed E-state index contributed by atoms with van der Waals surface area (Å²) in [6, 6.07) is 13.1. The Labute approximate surface area is 147 Å². The highest BCUT2D eigenvalue weighted by atomic mass is 35.5. The van der Waals surface area contributed by atoms with Crippen LogP contribution in [0, 0.1) is 0 Å². The van der Waals surface area contributed by atoms with Crippen LogP contribution in [0.2, 0.25) is 5.02 Å². The second kappa shape index (κ2) is 8.17. The molecule has 0 fully saturated rings. The van der Waals surface area contributed by atoms with Crippen molar-refractivity contribution in [1.29, 1.82) is 0 Å². The summed E-state index contributed by atoms with van der Waals surface area (Å²) in [6.45, 7) is 2.48. The molecule has 5 nitrogen and oxygen atoms in total. The summed E-state index contributed by atoms with van der Waals surface area (Å²) in [4.78, 5) is 12.1. The van der Waals surface area contributed by atoms with E-state index in [4.69, 9.17) is 11.6 Å². The van der Waals surface area contributed by atoms with Crippen molar-refractivity contribution in [3.05, 3.63) is 64.7 Å². The largest absolute Gasteiger partial charge is 0.352 e. The first-order chi connectivity index (χ1) is 11.4. The Bertz CT molecular complexity index is 805. The van der Waals surface area contributed by atoms with Crippen molar-refractivity contribution in [1.82, 2.24) is 5.32 Å². The van der Waals surface area contributed by atoms with Gasteiger partial charge in [0.2, 0.25) is 10.0 Å². The number of nitrogens with one attached hydrogen (secondary N) is 2. The molecule has 0 atom stereocenters. The maximum Gasteiger partial charge on any atom is 0.253 e. The number of benzene rings is 2. The van der Waals surface area contributed by atoms with Crippen LogP contribution in [0.25, 0.3) is 0 Å². The quantitative estimate of drug-likeness (QED) is 0.788. The molecule has 0 saturated heterocycles. The zero-order valence-corrected chi connectivity index (χ0v) is 14.8. The molecule has 128 valence electrons. The standard InChI is InChI=1S/C17H19ClN2O3S/c1-2-11-19-17(21)15-5-3-4-6-16(15)20-24(22,23)12-13-7-9-14(18)10-8-13/h3-10,20H,2,11-12H2,1H3,(H,19,21). The van der Waals surface area contributed by atoms with E-state index in [1.165, 1.54) is 0 Å². The van der Waals surface area contributed by atoms with E-state index in [0.29, 0.717) is 22.7 Å². The molecule has 0 heterocycles. The zero-order valence-electron chi connectivity index (χ0n) is 13.3. The van der Waals surface area contributed by atoms with Crippen molar-refractivity contribution in [3.8, 4) is 0 Å². The van der Waals surface area contributed by atoms with E-state index >= 15 is 0 Å². The molecular weight excluding hydrogens is 348 g/mol. The minimum absolute atomic E-state index is 0.199. The summed E-state index contributed by atoms with van der Waals surface area (Å²) in [5.41, 5.74) is 1.17. The smallest absolute Gasteiger partial charge is 0.253 e. The van der Waals surface area contributed by atoms with E-state index in [1.807, 2.05) is 6.92 Å². The zero-order chi connectivity index (χ0) is 17.6. The van der Waals surface area contributed by atoms with Gasteiger partial charge in [0.05, 0.1) is 17.0 Å². The van der Waals surface area contributed by atoms with Gasteiger partial charge in [0.25, 0.3) is 5.91 Å². The fraction of sp³-hybridized carbons (Fsp3) is 0.235. The van der Waals surface area contributed by atoms with Crippen LogP contribution in [-0.4, -0.2) is 20.9 Å². The van der Waals surface area contributed by atoms with Gasteiger partial charge in [0.15, 0.2) is 0 Å². The Hall–Kier alpha value is -2.05. The van der Waals surface area contributed by atoms with Crippen LogP contribution < -0.4 is 10.0 Å². The van der Waals surface area contributed by atoms with Crippen molar-refractivity contribution < 1.29 is 13.2 Å². The van der Waals surface area contributed by atoms with E-state index in [2.05, 4.69) is 10.0 Å². The van der Waals surface area contributed by atoms with Gasteiger partial charge in [-0.25, -0.2) is 8.42 Å². The van der Waals surface area contributed by atoms with Crippen LogP contribution in [0.3, 0.4) is 0 Å². The van der Waals surface area contributed by atoms with Crippen LogP contribution >= 0.6 is 11.6 Å². The van der Waals surface area contributed by atoms with Gasteiger partial charge in [-0.15, -0.1) is 0 Å². The fourth-order valence-electron chi connectivity index (χ4n) is 2.11. The molecule has 2 rings (SSSR count). The van der Waals surface area contributed by atoms with Crippen molar-refractivity contribution in [2.75, 3.05) is 11.3 Å². The van der Waals surface area contributed by atoms with Crippen LogP contribution in [0.1, 0.15) is 29.3 Å². The molecule has 0 radical (unpaired) electrons. The van der Waals surface area contributed by atoms with Gasteiger partial charge in [0.1, 0.15) is 0 Å². The number of anilines is 1. The molecule has 0 unspecified atom stereocenters. The molecule has 7 heteroatoms. The second-order valence-electron chi connectivity index (χ2n) is 5.29. The van der Waals surface area contributed by atoms with E-state index in [0.717, 1.165) is 6.42 Å². The number of halogens is 1. The van der Waals surface area contributed by atoms with Crippen LogP contribution in [-0.2, 0) is 15.8 Å². The summed E-state index contributed by atoms with van der Waals surface area (Å²) in [5, 5.41) is 3.29. The van der Waals surface area contributed by atoms with Crippen LogP contribution in [0.4, 0.5) is 5.69 Å². The predicted molar refractivity (Wildman–Crippen MR) is 96.8 cm³/mol. The molecular formula is C17H19ClN2O3S. The van der Waals surface area contributed by atoms with Crippen molar-refractivity contribution >= 4 is 33.2 Å². The molecule has 0 spiro atoms. The first-order valence-corrected chi connectivity index (χ1v) is 9.56. The third-order valence-electron chi connectivity index (χ3n) is 3.24. The van der Waals surface area contributed by atoms with Crippen LogP contribution in [0.15, 0.2) is 48.5 Å². The maximum absolute atomic E-state index is 12.4. The Morgan fingerprint density at radius 2 is 1.75 bits per heavy atom. The highest BCUT2D eigenvalue weighted by Gasteiger charge is 2.17. The number of hydrogen-bond acceptors (Lipinski definition) is 3. The van der Waals surface area contributed by atoms with Crippen molar-refractivity contribution in [2.24, 2.45) is 0 Å². The van der Waals surface area contributed by atoms with Gasteiger partial charge in [-0.3, -0.25) is 9.52 Å². The minimum atomic E-state index is -3.65. The summed E-state index contributed by atoms with van der Waals surface area (Å²) in [7, 11) is -3.65. The normalized spacial score (nSPS) is 11.1. The molecule has 0 aliphatic heterocycles. The number of amides is 1. The van der Waals surface area contributed by atoms with E-state index in [-0.39, 0.29) is 17.3 Å². The van der Waals surface area contributed by atoms with Crippen molar-refractivity contribution in [2.45, 2.75) is 19.1 Å². The Balaban J connectivity index is 2.17. The SMILES string of the molecule is CCCNC(=O)c1ccccc1NS(=O)(=O)Cc1ccc(Cl)cc1. The number of para-hydroxylation sites is 1. The second-order valence-corrected chi connectivity index (χ2v) is 7.45. The lowest BCUT2D eigenvalue weighted by molar-refractivity contribution is 0.0954. The predicted octanol–water partition coefficient (Wildman–Crippen LogP) is 3.42. The summed E-state index contributed by atoms with van der Waals surface area (Å²) >= 11 is 5.80. The molecule has 0 aliphatic rings. The summed E-state index contributed by atoms with van der Waals surface area (Å²) < 4.78 is 27.2. The first-order valence-electron chi connectivity index (χ1n) is 7.53. The number of hydrogen-bond donors (Lipinski definition) is 2. The third kappa shape index (κ3) is 5.25. The lowest BCUT2D eigenvalue weighted by atomic mass is 10.1. The molecule has 2 aromatic carbocycles. The van der Waals surface area contributed by atoms with Gasteiger partial charge in [-0.05, 0) is 36.2 Å². The highest BCUT2D eigenvalue weighted by molar-refractivity contribution is 7.91. The summed E-state index contributed by atoms with van der Waals surface area (Å²) in [6.07, 6.45) is 0.802. The maximum atomic E-state index is 12.4. The minimum Gasteiger partial charge on any atom is -0.352 e. The van der Waals surface area contributed by atoms with Gasteiger partial charge in [0, 0.05) is 11.6 Å². The Morgan fingerprint density at radius 3 is 2.42 bits per heavy atom. The lowest BCUT2D eigenvalue weighted by Crippen LogP contribution is -2.26. The van der Waals surface area contributed by atoms with Crippen LogP contribution in [0.5, 0.6) is 0 Å². The molecule has 2 N–H and O–H groups in total. The Kier molecular flexibility index (Phi) is 6.23. The fourth-order valence-corrected chi connectivity index (χ4v) is 3.45. The average molecular weight is 367 g/mol.